The first-order valence-corrected chi connectivity index (χ1v) is 17.6. The molecule has 45 heavy (non-hydrogen) atoms. The average molecular weight is 634 g/mol. The molecule has 0 aliphatic heterocycles. The maximum Gasteiger partial charge on any atom is 0.408 e. The predicted octanol–water partition coefficient (Wildman–Crippen LogP) is 8.66. The van der Waals surface area contributed by atoms with Crippen LogP contribution < -0.4 is 10.6 Å². The van der Waals surface area contributed by atoms with Gasteiger partial charge in [0.2, 0.25) is 5.91 Å². The molecule has 0 aliphatic carbocycles. The molecule has 3 aromatic rings. The summed E-state index contributed by atoms with van der Waals surface area (Å²) in [6.45, 7) is 9.93. The molecule has 3 rings (SSSR count). The Bertz CT molecular complexity index is 1400. The molecule has 7 nitrogen and oxygen atoms in total. The number of aryl methyl sites for hydroxylation is 1. The molecule has 2 unspecified atom stereocenters. The van der Waals surface area contributed by atoms with Crippen LogP contribution in [-0.4, -0.2) is 53.0 Å². The van der Waals surface area contributed by atoms with Gasteiger partial charge in [0.05, 0.1) is 0 Å². The Labute approximate surface area is 273 Å². The van der Waals surface area contributed by atoms with E-state index in [2.05, 4.69) is 17.6 Å². The van der Waals surface area contributed by atoms with Gasteiger partial charge in [-0.15, -0.1) is 0 Å². The maximum atomic E-state index is 14.5. The molecule has 0 radical (unpaired) electrons. The number of hydrogen-bond donors (Lipinski definition) is 2. The first-order chi connectivity index (χ1) is 21.5. The number of nitrogens with zero attached hydrogens (tertiary/aromatic N) is 1. The number of anilines is 1. The van der Waals surface area contributed by atoms with Gasteiger partial charge in [-0.3, -0.25) is 9.59 Å². The van der Waals surface area contributed by atoms with E-state index in [1.54, 1.807) is 37.4 Å². The molecule has 0 spiro atoms. The number of unbranched alkanes of at least 4 members (excludes halogenated alkanes) is 5. The molecule has 8 heteroatoms. The van der Waals surface area contributed by atoms with Crippen molar-refractivity contribution in [2.75, 3.05) is 23.9 Å². The normalized spacial score (nSPS) is 12.8. The average Bonchev–Trinajstić information content (AvgIpc) is 2.99. The van der Waals surface area contributed by atoms with Gasteiger partial charge in [-0.2, -0.15) is 11.8 Å². The maximum absolute atomic E-state index is 14.5. The van der Waals surface area contributed by atoms with Crippen molar-refractivity contribution in [2.24, 2.45) is 0 Å². The Balaban J connectivity index is 2.00. The van der Waals surface area contributed by atoms with Crippen LogP contribution in [0.5, 0.6) is 0 Å². The number of benzene rings is 3. The quantitative estimate of drug-likeness (QED) is 0.154. The SMILES string of the molecule is CCCCCCCCN(C(=O)C(CCSC)NC(=O)OC(C)(C)C)C(C(=O)Nc1ccc2ccccc2c1)c1cccc(C)c1. The van der Waals surface area contributed by atoms with E-state index in [0.717, 1.165) is 54.0 Å². The van der Waals surface area contributed by atoms with Crippen molar-refractivity contribution in [1.29, 1.82) is 0 Å². The molecule has 244 valence electrons. The highest BCUT2D eigenvalue weighted by atomic mass is 32.2. The Hall–Kier alpha value is -3.52. The van der Waals surface area contributed by atoms with E-state index < -0.39 is 23.8 Å². The molecular formula is C37H51N3O4S. The van der Waals surface area contributed by atoms with E-state index in [1.165, 1.54) is 6.42 Å². The molecule has 2 atom stereocenters. The molecule has 0 aromatic heterocycles. The molecule has 3 aromatic carbocycles. The number of hydrogen-bond acceptors (Lipinski definition) is 5. The van der Waals surface area contributed by atoms with Gasteiger partial charge in [0.15, 0.2) is 0 Å². The zero-order valence-corrected chi connectivity index (χ0v) is 28.7. The van der Waals surface area contributed by atoms with Crippen molar-refractivity contribution in [3.05, 3.63) is 77.9 Å². The third-order valence-corrected chi connectivity index (χ3v) is 8.21. The number of thioether (sulfide) groups is 1. The van der Waals surface area contributed by atoms with Gasteiger partial charge in [-0.1, -0.05) is 99.2 Å². The summed E-state index contributed by atoms with van der Waals surface area (Å²) in [4.78, 5) is 43.4. The predicted molar refractivity (Wildman–Crippen MR) is 188 cm³/mol. The van der Waals surface area contributed by atoms with Crippen molar-refractivity contribution in [3.63, 3.8) is 0 Å². The highest BCUT2D eigenvalue weighted by Gasteiger charge is 2.36. The third-order valence-electron chi connectivity index (χ3n) is 7.57. The lowest BCUT2D eigenvalue weighted by molar-refractivity contribution is -0.141. The lowest BCUT2D eigenvalue weighted by Crippen LogP contribution is -2.52. The van der Waals surface area contributed by atoms with Gasteiger partial charge in [-0.25, -0.2) is 4.79 Å². The molecule has 0 saturated heterocycles. The fourth-order valence-corrected chi connectivity index (χ4v) is 5.83. The summed E-state index contributed by atoms with van der Waals surface area (Å²) < 4.78 is 5.53. The zero-order chi connectivity index (χ0) is 32.8. The van der Waals surface area contributed by atoms with Crippen LogP contribution in [-0.2, 0) is 14.3 Å². The monoisotopic (exact) mass is 633 g/mol. The minimum Gasteiger partial charge on any atom is -0.444 e. The van der Waals surface area contributed by atoms with E-state index in [4.69, 9.17) is 4.74 Å². The zero-order valence-electron chi connectivity index (χ0n) is 27.9. The topological polar surface area (TPSA) is 87.7 Å². The summed E-state index contributed by atoms with van der Waals surface area (Å²) in [5.41, 5.74) is 1.68. The van der Waals surface area contributed by atoms with Crippen LogP contribution in [0.2, 0.25) is 0 Å². The summed E-state index contributed by atoms with van der Waals surface area (Å²) in [6.07, 6.45) is 7.99. The standard InChI is InChI=1S/C37H51N3O4S/c1-7-8-9-10-11-14-23-40(35(42)32(22-24-45-6)39-36(43)44-37(3,4)5)33(30-19-15-16-27(2)25-30)34(41)38-31-21-20-28-17-12-13-18-29(28)26-31/h12-13,15-21,25-26,32-33H,7-11,14,22-24H2,1-6H3,(H,38,41)(H,39,43). The summed E-state index contributed by atoms with van der Waals surface area (Å²) in [5, 5.41) is 8.04. The van der Waals surface area contributed by atoms with Gasteiger partial charge in [0.1, 0.15) is 17.7 Å². The van der Waals surface area contributed by atoms with Gasteiger partial charge >= 0.3 is 6.09 Å². The van der Waals surface area contributed by atoms with Crippen molar-refractivity contribution < 1.29 is 19.1 Å². The number of alkyl carbamates (subject to hydrolysis) is 1. The Kier molecular flexibility index (Phi) is 14.2. The van der Waals surface area contributed by atoms with Crippen LogP contribution in [0, 0.1) is 6.92 Å². The largest absolute Gasteiger partial charge is 0.444 e. The van der Waals surface area contributed by atoms with Crippen LogP contribution >= 0.6 is 11.8 Å². The highest BCUT2D eigenvalue weighted by molar-refractivity contribution is 7.98. The van der Waals surface area contributed by atoms with Gasteiger partial charge in [-0.05, 0) is 81.0 Å². The number of nitrogens with one attached hydrogen (secondary N) is 2. The van der Waals surface area contributed by atoms with Crippen LogP contribution in [0.15, 0.2) is 66.7 Å². The van der Waals surface area contributed by atoms with Crippen molar-refractivity contribution in [2.45, 2.75) is 97.2 Å². The first-order valence-electron chi connectivity index (χ1n) is 16.2. The van der Waals surface area contributed by atoms with Gasteiger partial charge < -0.3 is 20.3 Å². The summed E-state index contributed by atoms with van der Waals surface area (Å²) >= 11 is 1.60. The second kappa shape index (κ2) is 17.8. The van der Waals surface area contributed by atoms with Gasteiger partial charge in [0.25, 0.3) is 5.91 Å². The third kappa shape index (κ3) is 11.7. The Morgan fingerprint density at radius 2 is 1.60 bits per heavy atom. The fraction of sp³-hybridized carbons (Fsp3) is 0.486. The minimum absolute atomic E-state index is 0.288. The molecular weight excluding hydrogens is 582 g/mol. The molecule has 0 aliphatic rings. The molecule has 0 fully saturated rings. The van der Waals surface area contributed by atoms with Crippen molar-refractivity contribution >= 4 is 46.1 Å². The van der Waals surface area contributed by atoms with Crippen molar-refractivity contribution in [1.82, 2.24) is 10.2 Å². The molecule has 0 bridgehead atoms. The Morgan fingerprint density at radius 1 is 0.889 bits per heavy atom. The van der Waals surface area contributed by atoms with Crippen LogP contribution in [0.3, 0.4) is 0 Å². The van der Waals surface area contributed by atoms with E-state index in [-0.39, 0.29) is 11.8 Å². The van der Waals surface area contributed by atoms with Crippen LogP contribution in [0.4, 0.5) is 10.5 Å². The molecule has 0 saturated carbocycles. The molecule has 0 heterocycles. The number of amides is 3. The highest BCUT2D eigenvalue weighted by Crippen LogP contribution is 2.28. The second-order valence-electron chi connectivity index (χ2n) is 12.6. The summed E-state index contributed by atoms with van der Waals surface area (Å²) in [7, 11) is 0. The molecule has 3 amide bonds. The fourth-order valence-electron chi connectivity index (χ4n) is 5.36. The number of fused-ring (bicyclic) bond motifs is 1. The van der Waals surface area contributed by atoms with E-state index >= 15 is 0 Å². The number of carbonyl (C=O) groups is 3. The first kappa shape index (κ1) is 36.0. The summed E-state index contributed by atoms with van der Waals surface area (Å²) in [6, 6.07) is 19.8. The molecule has 2 N–H and O–H groups in total. The van der Waals surface area contributed by atoms with E-state index in [0.29, 0.717) is 24.4 Å². The number of rotatable bonds is 16. The second-order valence-corrected chi connectivity index (χ2v) is 13.6. The van der Waals surface area contributed by atoms with Crippen LogP contribution in [0.1, 0.15) is 89.8 Å². The number of carbonyl (C=O) groups excluding carboxylic acids is 3. The smallest absolute Gasteiger partial charge is 0.408 e. The minimum atomic E-state index is -0.892. The van der Waals surface area contributed by atoms with Crippen LogP contribution in [0.25, 0.3) is 10.8 Å². The Morgan fingerprint density at radius 3 is 2.29 bits per heavy atom. The lowest BCUT2D eigenvalue weighted by Gasteiger charge is -2.35. The van der Waals surface area contributed by atoms with E-state index in [9.17, 15) is 14.4 Å². The lowest BCUT2D eigenvalue weighted by atomic mass is 9.99. The van der Waals surface area contributed by atoms with E-state index in [1.807, 2.05) is 79.9 Å². The van der Waals surface area contributed by atoms with Gasteiger partial charge in [0, 0.05) is 12.2 Å². The summed E-state index contributed by atoms with van der Waals surface area (Å²) in [5.74, 6) is 0.0786. The number of ether oxygens (including phenoxy) is 1. The van der Waals surface area contributed by atoms with Crippen molar-refractivity contribution in [3.8, 4) is 0 Å².